The summed E-state index contributed by atoms with van der Waals surface area (Å²) in [6, 6.07) is 3.60. The van der Waals surface area contributed by atoms with Crippen LogP contribution in [-0.2, 0) is 19.1 Å². The highest BCUT2D eigenvalue weighted by Gasteiger charge is 2.36. The van der Waals surface area contributed by atoms with Crippen LogP contribution >= 0.6 is 15.9 Å². The Morgan fingerprint density at radius 2 is 2.25 bits per heavy atom. The van der Waals surface area contributed by atoms with Gasteiger partial charge in [-0.1, -0.05) is 15.9 Å². The zero-order valence-corrected chi connectivity index (χ0v) is 14.6. The Hall–Kier alpha value is -2.00. The molecule has 1 aliphatic heterocycles. The monoisotopic (exact) mass is 402 g/mol. The number of anilines is 1. The largest absolute Gasteiger partial charge is 0.469 e. The number of hydrogen-bond acceptors (Lipinski definition) is 4. The molecule has 2 rings (SSSR count). The Labute approximate surface area is 146 Å². The van der Waals surface area contributed by atoms with Crippen LogP contribution in [0.25, 0.3) is 0 Å². The molecule has 1 aliphatic rings. The van der Waals surface area contributed by atoms with Crippen molar-refractivity contribution in [2.75, 3.05) is 32.1 Å². The van der Waals surface area contributed by atoms with Crippen LogP contribution in [0.5, 0.6) is 0 Å². The lowest BCUT2D eigenvalue weighted by atomic mass is 10.1. The summed E-state index contributed by atoms with van der Waals surface area (Å²) in [6.45, 7) is 0.847. The first-order valence-corrected chi connectivity index (χ1v) is 8.14. The standard InChI is InChI=1S/C15H17BrFN3O4/c1-24-14(22)7-12-15(23)18-4-5-20(12)8-13(21)19-11-3-2-9(16)6-10(11)17/h2-3,6,12H,4-5,7-8H2,1H3,(H,18,23)(H,19,21)/p+1/t12-/m0/s1. The van der Waals surface area contributed by atoms with Crippen molar-refractivity contribution in [3.8, 4) is 0 Å². The number of halogens is 2. The molecule has 1 aromatic carbocycles. The van der Waals surface area contributed by atoms with Gasteiger partial charge in [0, 0.05) is 4.47 Å². The van der Waals surface area contributed by atoms with Crippen LogP contribution in [0.1, 0.15) is 6.42 Å². The summed E-state index contributed by atoms with van der Waals surface area (Å²) in [4.78, 5) is 36.2. The third-order valence-electron chi connectivity index (χ3n) is 3.75. The second-order valence-corrected chi connectivity index (χ2v) is 6.30. The molecular formula is C15H18BrFN3O4+. The fraction of sp³-hybridized carbons (Fsp3) is 0.400. The van der Waals surface area contributed by atoms with Crippen molar-refractivity contribution >= 4 is 39.4 Å². The number of rotatable bonds is 5. The Morgan fingerprint density at radius 1 is 1.50 bits per heavy atom. The highest BCUT2D eigenvalue weighted by atomic mass is 79.9. The summed E-state index contributed by atoms with van der Waals surface area (Å²) in [5, 5.41) is 5.15. The molecule has 130 valence electrons. The quantitative estimate of drug-likeness (QED) is 0.577. The van der Waals surface area contributed by atoms with E-state index in [9.17, 15) is 18.8 Å². The van der Waals surface area contributed by atoms with Crippen LogP contribution in [-0.4, -0.2) is 50.6 Å². The molecule has 0 saturated carbocycles. The molecule has 1 saturated heterocycles. The number of methoxy groups -OCH3 is 1. The third-order valence-corrected chi connectivity index (χ3v) is 4.24. The zero-order valence-electron chi connectivity index (χ0n) is 13.0. The van der Waals surface area contributed by atoms with Gasteiger partial charge in [0.2, 0.25) is 0 Å². The van der Waals surface area contributed by atoms with Crippen molar-refractivity contribution in [3.63, 3.8) is 0 Å². The normalized spacial score (nSPS) is 20.2. The van der Waals surface area contributed by atoms with Crippen LogP contribution in [0.2, 0.25) is 0 Å². The average Bonchev–Trinajstić information content (AvgIpc) is 2.53. The maximum Gasteiger partial charge on any atom is 0.312 e. The van der Waals surface area contributed by atoms with Gasteiger partial charge in [0.25, 0.3) is 11.8 Å². The second-order valence-electron chi connectivity index (χ2n) is 5.38. The van der Waals surface area contributed by atoms with Crippen molar-refractivity contribution in [3.05, 3.63) is 28.5 Å². The minimum atomic E-state index is -0.702. The molecule has 0 aromatic heterocycles. The van der Waals surface area contributed by atoms with E-state index in [2.05, 4.69) is 31.3 Å². The van der Waals surface area contributed by atoms with Gasteiger partial charge in [-0.3, -0.25) is 14.4 Å². The highest BCUT2D eigenvalue weighted by molar-refractivity contribution is 9.10. The molecule has 1 unspecified atom stereocenters. The summed E-state index contributed by atoms with van der Waals surface area (Å²) in [7, 11) is 1.24. The first-order valence-electron chi connectivity index (χ1n) is 7.34. The van der Waals surface area contributed by atoms with Gasteiger partial charge in [-0.05, 0) is 18.2 Å². The molecule has 0 radical (unpaired) electrons. The first kappa shape index (κ1) is 18.3. The van der Waals surface area contributed by atoms with Crippen molar-refractivity contribution < 1.29 is 28.4 Å². The summed E-state index contributed by atoms with van der Waals surface area (Å²) in [5.74, 6) is -1.82. The van der Waals surface area contributed by atoms with E-state index < -0.39 is 23.7 Å². The summed E-state index contributed by atoms with van der Waals surface area (Å²) >= 11 is 3.14. The molecule has 0 aliphatic carbocycles. The predicted molar refractivity (Wildman–Crippen MR) is 86.9 cm³/mol. The lowest BCUT2D eigenvalue weighted by Gasteiger charge is -2.30. The van der Waals surface area contributed by atoms with E-state index in [1.165, 1.54) is 19.2 Å². The minimum absolute atomic E-state index is 0.0510. The van der Waals surface area contributed by atoms with Gasteiger partial charge < -0.3 is 20.3 Å². The molecule has 0 spiro atoms. The van der Waals surface area contributed by atoms with E-state index in [4.69, 9.17) is 0 Å². The van der Waals surface area contributed by atoms with Crippen LogP contribution in [0.3, 0.4) is 0 Å². The van der Waals surface area contributed by atoms with Gasteiger partial charge in [0.05, 0.1) is 25.9 Å². The molecular weight excluding hydrogens is 385 g/mol. The topological polar surface area (TPSA) is 88.9 Å². The van der Waals surface area contributed by atoms with E-state index in [1.807, 2.05) is 0 Å². The highest BCUT2D eigenvalue weighted by Crippen LogP contribution is 2.19. The maximum atomic E-state index is 13.8. The van der Waals surface area contributed by atoms with Crippen LogP contribution < -0.4 is 15.5 Å². The molecule has 1 heterocycles. The SMILES string of the molecule is COC(=O)C[C@H]1C(=O)NCC[NH+]1CC(=O)Nc1ccc(Br)cc1F. The van der Waals surface area contributed by atoms with E-state index in [0.29, 0.717) is 22.5 Å². The van der Waals surface area contributed by atoms with Gasteiger partial charge >= 0.3 is 5.97 Å². The molecule has 1 aromatic rings. The zero-order chi connectivity index (χ0) is 17.7. The first-order chi connectivity index (χ1) is 11.4. The van der Waals surface area contributed by atoms with Gasteiger partial charge in [-0.25, -0.2) is 4.39 Å². The minimum Gasteiger partial charge on any atom is -0.469 e. The third kappa shape index (κ3) is 4.75. The second kappa shape index (κ2) is 8.20. The van der Waals surface area contributed by atoms with E-state index in [0.717, 1.165) is 0 Å². The number of esters is 1. The van der Waals surface area contributed by atoms with Gasteiger partial charge in [0.1, 0.15) is 12.2 Å². The fourth-order valence-electron chi connectivity index (χ4n) is 2.52. The van der Waals surface area contributed by atoms with Crippen LogP contribution in [0.4, 0.5) is 10.1 Å². The Kier molecular flexibility index (Phi) is 6.27. The summed E-state index contributed by atoms with van der Waals surface area (Å²) < 4.78 is 18.9. The number of piperazine rings is 1. The average molecular weight is 403 g/mol. The summed E-state index contributed by atoms with van der Waals surface area (Å²) in [5.41, 5.74) is 0.0635. The van der Waals surface area contributed by atoms with Crippen LogP contribution in [0, 0.1) is 5.82 Å². The van der Waals surface area contributed by atoms with Gasteiger partial charge in [-0.15, -0.1) is 0 Å². The van der Waals surface area contributed by atoms with Gasteiger partial charge in [-0.2, -0.15) is 0 Å². The number of amides is 2. The number of benzene rings is 1. The van der Waals surface area contributed by atoms with E-state index >= 15 is 0 Å². The maximum absolute atomic E-state index is 13.8. The number of carbonyl (C=O) groups is 3. The number of carbonyl (C=O) groups excluding carboxylic acids is 3. The lowest BCUT2D eigenvalue weighted by Crippen LogP contribution is -3.20. The van der Waals surface area contributed by atoms with Crippen molar-refractivity contribution in [2.24, 2.45) is 0 Å². The number of nitrogens with one attached hydrogen (secondary N) is 3. The molecule has 0 bridgehead atoms. The Balaban J connectivity index is 2.02. The number of hydrogen-bond donors (Lipinski definition) is 3. The molecule has 2 atom stereocenters. The predicted octanol–water partition coefficient (Wildman–Crippen LogP) is -0.527. The van der Waals surface area contributed by atoms with Crippen molar-refractivity contribution in [2.45, 2.75) is 12.5 Å². The summed E-state index contributed by atoms with van der Waals surface area (Å²) in [6.07, 6.45) is -0.114. The molecule has 3 N–H and O–H groups in total. The van der Waals surface area contributed by atoms with E-state index in [1.54, 1.807) is 6.07 Å². The molecule has 2 amide bonds. The molecule has 7 nitrogen and oxygen atoms in total. The molecule has 1 fully saturated rings. The van der Waals surface area contributed by atoms with E-state index in [-0.39, 0.29) is 24.6 Å². The molecule has 24 heavy (non-hydrogen) atoms. The number of ether oxygens (including phenoxy) is 1. The Bertz CT molecular complexity index is 656. The smallest absolute Gasteiger partial charge is 0.312 e. The van der Waals surface area contributed by atoms with Crippen molar-refractivity contribution in [1.82, 2.24) is 5.32 Å². The lowest BCUT2D eigenvalue weighted by molar-refractivity contribution is -0.909. The van der Waals surface area contributed by atoms with Gasteiger partial charge in [0.15, 0.2) is 12.6 Å². The molecule has 9 heteroatoms. The fourth-order valence-corrected chi connectivity index (χ4v) is 2.85. The number of quaternary nitrogens is 1. The van der Waals surface area contributed by atoms with Crippen molar-refractivity contribution in [1.29, 1.82) is 0 Å². The van der Waals surface area contributed by atoms with Crippen LogP contribution in [0.15, 0.2) is 22.7 Å². The Morgan fingerprint density at radius 3 is 2.92 bits per heavy atom.